The molecule has 0 radical (unpaired) electrons. The molecular weight excluding hydrogens is 402 g/mol. The van der Waals surface area contributed by atoms with Gasteiger partial charge in [-0.15, -0.1) is 11.6 Å². The lowest BCUT2D eigenvalue weighted by Crippen LogP contribution is -2.24. The fraction of sp³-hybridized carbons (Fsp3) is 0.143. The average Bonchev–Trinajstić information content (AvgIpc) is 2.67. The summed E-state index contributed by atoms with van der Waals surface area (Å²) in [6.45, 7) is 0. The van der Waals surface area contributed by atoms with Gasteiger partial charge >= 0.3 is 12.4 Å². The van der Waals surface area contributed by atoms with Gasteiger partial charge in [0.1, 0.15) is 4.87 Å². The zero-order valence-electron chi connectivity index (χ0n) is 14.2. The first kappa shape index (κ1) is 20.3. The fourth-order valence-electron chi connectivity index (χ4n) is 2.99. The van der Waals surface area contributed by atoms with Crippen LogP contribution in [0, 0.1) is 0 Å². The van der Waals surface area contributed by atoms with Crippen molar-refractivity contribution in [1.29, 1.82) is 0 Å². The van der Waals surface area contributed by atoms with Crippen LogP contribution in [0.3, 0.4) is 0 Å². The summed E-state index contributed by atoms with van der Waals surface area (Å²) in [4.78, 5) is -1.73. The first-order chi connectivity index (χ1) is 13.0. The van der Waals surface area contributed by atoms with Crippen molar-refractivity contribution in [2.24, 2.45) is 0 Å². The maximum Gasteiger partial charge on any atom is 0.416 e. The summed E-state index contributed by atoms with van der Waals surface area (Å²) in [5.74, 6) is 0. The van der Waals surface area contributed by atoms with Crippen LogP contribution in [0.15, 0.2) is 78.9 Å². The van der Waals surface area contributed by atoms with E-state index in [2.05, 4.69) is 0 Å². The molecule has 0 nitrogen and oxygen atoms in total. The van der Waals surface area contributed by atoms with E-state index in [0.717, 1.165) is 0 Å². The minimum absolute atomic E-state index is 0.0940. The molecule has 3 aromatic rings. The molecule has 7 heteroatoms. The summed E-state index contributed by atoms with van der Waals surface area (Å²) in [5.41, 5.74) is -2.41. The van der Waals surface area contributed by atoms with Crippen LogP contribution in [-0.2, 0) is 17.2 Å². The van der Waals surface area contributed by atoms with Crippen molar-refractivity contribution < 1.29 is 26.3 Å². The molecule has 28 heavy (non-hydrogen) atoms. The summed E-state index contributed by atoms with van der Waals surface area (Å²) in [5, 5.41) is 0. The average molecular weight is 415 g/mol. The molecule has 0 aliphatic heterocycles. The Balaban J connectivity index is 2.35. The highest BCUT2D eigenvalue weighted by atomic mass is 35.5. The molecule has 0 heterocycles. The summed E-state index contributed by atoms with van der Waals surface area (Å²) < 4.78 is 79.9. The van der Waals surface area contributed by atoms with Gasteiger partial charge in [-0.3, -0.25) is 0 Å². The molecule has 0 aliphatic carbocycles. The van der Waals surface area contributed by atoms with Gasteiger partial charge in [-0.1, -0.05) is 60.7 Å². The topological polar surface area (TPSA) is 0 Å². The van der Waals surface area contributed by atoms with Crippen LogP contribution in [0.2, 0.25) is 0 Å². The zero-order valence-corrected chi connectivity index (χ0v) is 14.9. The van der Waals surface area contributed by atoms with Gasteiger partial charge < -0.3 is 0 Å². The van der Waals surface area contributed by atoms with Crippen LogP contribution in [0.4, 0.5) is 26.3 Å². The van der Waals surface area contributed by atoms with Crippen molar-refractivity contribution in [3.63, 3.8) is 0 Å². The number of benzene rings is 3. The Hall–Kier alpha value is -2.47. The van der Waals surface area contributed by atoms with Crippen molar-refractivity contribution in [1.82, 2.24) is 0 Å². The van der Waals surface area contributed by atoms with Crippen molar-refractivity contribution >= 4 is 11.6 Å². The Morgan fingerprint density at radius 3 is 1.11 bits per heavy atom. The van der Waals surface area contributed by atoms with Gasteiger partial charge in [-0.25, -0.2) is 0 Å². The lowest BCUT2D eigenvalue weighted by atomic mass is 9.82. The van der Waals surface area contributed by atoms with Gasteiger partial charge in [0.2, 0.25) is 0 Å². The third-order valence-corrected chi connectivity index (χ3v) is 4.98. The molecule has 0 aliphatic rings. The molecule has 0 amide bonds. The van der Waals surface area contributed by atoms with Crippen molar-refractivity contribution in [3.8, 4) is 0 Å². The number of hydrogen-bond acceptors (Lipinski definition) is 0. The summed E-state index contributed by atoms with van der Waals surface area (Å²) >= 11 is 6.82. The second kappa shape index (κ2) is 7.17. The second-order valence-corrected chi connectivity index (χ2v) is 6.75. The van der Waals surface area contributed by atoms with E-state index in [1.807, 2.05) is 0 Å². The highest BCUT2D eigenvalue weighted by Crippen LogP contribution is 2.46. The molecule has 0 fully saturated rings. The molecule has 0 saturated heterocycles. The number of halogens is 7. The SMILES string of the molecule is FC(F)(F)c1cc(C(F)(F)F)cc(C(Cl)(c2ccccc2)c2ccccc2)c1. The van der Waals surface area contributed by atoms with Crippen LogP contribution in [-0.4, -0.2) is 0 Å². The molecule has 3 aromatic carbocycles. The monoisotopic (exact) mass is 414 g/mol. The van der Waals surface area contributed by atoms with E-state index >= 15 is 0 Å². The second-order valence-electron chi connectivity index (χ2n) is 6.19. The Morgan fingerprint density at radius 2 is 0.786 bits per heavy atom. The highest BCUT2D eigenvalue weighted by molar-refractivity contribution is 6.28. The number of alkyl halides is 7. The Labute approximate surface area is 162 Å². The third kappa shape index (κ3) is 3.87. The van der Waals surface area contributed by atoms with Crippen LogP contribution in [0.1, 0.15) is 27.8 Å². The van der Waals surface area contributed by atoms with E-state index in [9.17, 15) is 26.3 Å². The van der Waals surface area contributed by atoms with E-state index in [1.165, 1.54) is 0 Å². The Morgan fingerprint density at radius 1 is 0.464 bits per heavy atom. The van der Waals surface area contributed by atoms with Crippen LogP contribution < -0.4 is 0 Å². The van der Waals surface area contributed by atoms with Gasteiger partial charge in [0.15, 0.2) is 0 Å². The number of rotatable bonds is 3. The Bertz CT molecular complexity index is 874. The van der Waals surface area contributed by atoms with E-state index in [-0.39, 0.29) is 11.6 Å². The predicted molar refractivity (Wildman–Crippen MR) is 95.1 cm³/mol. The summed E-state index contributed by atoms with van der Waals surface area (Å²) in [6.07, 6.45) is -9.91. The quantitative estimate of drug-likeness (QED) is 0.240. The molecule has 0 unspecified atom stereocenters. The third-order valence-electron chi connectivity index (χ3n) is 4.33. The first-order valence-corrected chi connectivity index (χ1v) is 8.50. The molecule has 3 rings (SSSR count). The van der Waals surface area contributed by atoms with Crippen LogP contribution in [0.25, 0.3) is 0 Å². The van der Waals surface area contributed by atoms with E-state index < -0.39 is 28.4 Å². The first-order valence-electron chi connectivity index (χ1n) is 8.13. The summed E-state index contributed by atoms with van der Waals surface area (Å²) in [7, 11) is 0. The van der Waals surface area contributed by atoms with Gasteiger partial charge in [-0.2, -0.15) is 26.3 Å². The van der Waals surface area contributed by atoms with E-state index in [0.29, 0.717) is 23.3 Å². The lowest BCUT2D eigenvalue weighted by Gasteiger charge is -2.30. The molecular formula is C21H13ClF6. The molecule has 0 bridgehead atoms. The zero-order chi connectivity index (χ0) is 20.6. The van der Waals surface area contributed by atoms with E-state index in [4.69, 9.17) is 11.6 Å². The minimum atomic E-state index is -4.96. The number of hydrogen-bond donors (Lipinski definition) is 0. The van der Waals surface area contributed by atoms with Gasteiger partial charge in [0.25, 0.3) is 0 Å². The molecule has 146 valence electrons. The normalized spacial score (nSPS) is 12.8. The minimum Gasteiger partial charge on any atom is -0.166 e. The van der Waals surface area contributed by atoms with Crippen molar-refractivity contribution in [2.75, 3.05) is 0 Å². The largest absolute Gasteiger partial charge is 0.416 e. The van der Waals surface area contributed by atoms with Gasteiger partial charge in [0.05, 0.1) is 11.1 Å². The smallest absolute Gasteiger partial charge is 0.166 e. The van der Waals surface area contributed by atoms with E-state index in [1.54, 1.807) is 60.7 Å². The molecule has 0 N–H and O–H groups in total. The highest BCUT2D eigenvalue weighted by Gasteiger charge is 2.41. The molecule has 0 atom stereocenters. The Kier molecular flexibility index (Phi) is 5.19. The molecule has 0 aromatic heterocycles. The van der Waals surface area contributed by atoms with Crippen molar-refractivity contribution in [3.05, 3.63) is 107 Å². The van der Waals surface area contributed by atoms with Crippen LogP contribution in [0.5, 0.6) is 0 Å². The van der Waals surface area contributed by atoms with Crippen molar-refractivity contribution in [2.45, 2.75) is 17.2 Å². The van der Waals surface area contributed by atoms with Gasteiger partial charge in [0, 0.05) is 0 Å². The fourth-order valence-corrected chi connectivity index (χ4v) is 3.35. The molecule has 0 spiro atoms. The van der Waals surface area contributed by atoms with Crippen LogP contribution >= 0.6 is 11.6 Å². The summed E-state index contributed by atoms with van der Waals surface area (Å²) in [6, 6.07) is 17.5. The molecule has 0 saturated carbocycles. The van der Waals surface area contributed by atoms with Gasteiger partial charge in [-0.05, 0) is 34.9 Å². The predicted octanol–water partition coefficient (Wildman–Crippen LogP) is 7.25. The standard InChI is InChI=1S/C21H13ClF6/c22-19(14-7-3-1-4-8-14,15-9-5-2-6-10-15)16-11-17(20(23,24)25)13-18(12-16)21(26,27)28/h1-13H. The maximum absolute atomic E-state index is 13.3. The lowest BCUT2D eigenvalue weighted by molar-refractivity contribution is -0.143. The maximum atomic E-state index is 13.3.